The number of rotatable bonds is 4. The summed E-state index contributed by atoms with van der Waals surface area (Å²) in [5.74, 6) is -0.0458. The first-order valence-electron chi connectivity index (χ1n) is 7.95. The smallest absolute Gasteiger partial charge is 0.408 e. The molecule has 0 spiro atoms. The zero-order valence-corrected chi connectivity index (χ0v) is 14.6. The molecule has 6 nitrogen and oxygen atoms in total. The highest BCUT2D eigenvalue weighted by Gasteiger charge is 2.32. The standard InChI is InChI=1S/C16H30N2O4/c1-11(2)13(17-15(20)22-16(3,4)5)14(19)18-9-7-12(21-6)8-10-18/h11-13H,7-10H2,1-6H3,(H,17,20). The van der Waals surface area contributed by atoms with Crippen LogP contribution in [0.4, 0.5) is 4.79 Å². The molecule has 2 amide bonds. The molecule has 6 heteroatoms. The van der Waals surface area contributed by atoms with Crippen molar-refractivity contribution in [1.29, 1.82) is 0 Å². The molecule has 1 aliphatic heterocycles. The summed E-state index contributed by atoms with van der Waals surface area (Å²) in [5, 5.41) is 2.71. The molecule has 0 saturated carbocycles. The predicted octanol–water partition coefficient (Wildman–Crippen LogP) is 2.17. The van der Waals surface area contributed by atoms with E-state index in [1.165, 1.54) is 0 Å². The van der Waals surface area contributed by atoms with E-state index in [4.69, 9.17) is 9.47 Å². The summed E-state index contributed by atoms with van der Waals surface area (Å²) >= 11 is 0. The van der Waals surface area contributed by atoms with E-state index < -0.39 is 17.7 Å². The Morgan fingerprint density at radius 3 is 2.14 bits per heavy atom. The molecule has 128 valence electrons. The van der Waals surface area contributed by atoms with Crippen LogP contribution in [0.2, 0.25) is 0 Å². The van der Waals surface area contributed by atoms with E-state index in [0.29, 0.717) is 13.1 Å². The first-order valence-corrected chi connectivity index (χ1v) is 7.95. The molecule has 1 rings (SSSR count). The molecule has 1 heterocycles. The van der Waals surface area contributed by atoms with Gasteiger partial charge < -0.3 is 19.7 Å². The fourth-order valence-electron chi connectivity index (χ4n) is 2.46. The number of ether oxygens (including phenoxy) is 2. The quantitative estimate of drug-likeness (QED) is 0.863. The van der Waals surface area contributed by atoms with Gasteiger partial charge in [0.2, 0.25) is 5.91 Å². The Bertz CT molecular complexity index is 382. The Balaban J connectivity index is 2.63. The first-order chi connectivity index (χ1) is 10.1. The van der Waals surface area contributed by atoms with Crippen molar-refractivity contribution < 1.29 is 19.1 Å². The Hall–Kier alpha value is -1.30. The third kappa shape index (κ3) is 5.83. The van der Waals surface area contributed by atoms with Crippen molar-refractivity contribution in [3.05, 3.63) is 0 Å². The normalized spacial score (nSPS) is 18.2. The third-order valence-electron chi connectivity index (χ3n) is 3.69. The number of hydrogen-bond donors (Lipinski definition) is 1. The molecule has 1 unspecified atom stereocenters. The molecule has 0 bridgehead atoms. The molecule has 0 radical (unpaired) electrons. The lowest BCUT2D eigenvalue weighted by Gasteiger charge is -2.35. The summed E-state index contributed by atoms with van der Waals surface area (Å²) in [4.78, 5) is 26.4. The topological polar surface area (TPSA) is 67.9 Å². The van der Waals surface area contributed by atoms with Crippen LogP contribution in [0.1, 0.15) is 47.5 Å². The molecule has 0 aromatic heterocycles. The lowest BCUT2D eigenvalue weighted by Crippen LogP contribution is -2.54. The second kappa shape index (κ2) is 7.81. The van der Waals surface area contributed by atoms with Gasteiger partial charge in [-0.05, 0) is 39.5 Å². The van der Waals surface area contributed by atoms with E-state index in [1.54, 1.807) is 32.8 Å². The number of methoxy groups -OCH3 is 1. The number of hydrogen-bond acceptors (Lipinski definition) is 4. The summed E-state index contributed by atoms with van der Waals surface area (Å²) in [6, 6.07) is -0.561. The van der Waals surface area contributed by atoms with Gasteiger partial charge in [0.15, 0.2) is 0 Å². The number of carbonyl (C=O) groups is 2. The first kappa shape index (κ1) is 18.7. The van der Waals surface area contributed by atoms with E-state index in [0.717, 1.165) is 12.8 Å². The van der Waals surface area contributed by atoms with Gasteiger partial charge in [-0.1, -0.05) is 13.8 Å². The van der Waals surface area contributed by atoms with Crippen LogP contribution in [0.3, 0.4) is 0 Å². The number of likely N-dealkylation sites (tertiary alicyclic amines) is 1. The van der Waals surface area contributed by atoms with E-state index in [-0.39, 0.29) is 17.9 Å². The zero-order chi connectivity index (χ0) is 16.9. The number of carbonyl (C=O) groups excluding carboxylic acids is 2. The second-order valence-electron chi connectivity index (χ2n) is 7.13. The van der Waals surface area contributed by atoms with Crippen LogP contribution in [-0.2, 0) is 14.3 Å². The highest BCUT2D eigenvalue weighted by Crippen LogP contribution is 2.16. The van der Waals surface area contributed by atoms with Crippen LogP contribution in [0.15, 0.2) is 0 Å². The van der Waals surface area contributed by atoms with Crippen LogP contribution in [0, 0.1) is 5.92 Å². The Morgan fingerprint density at radius 1 is 1.18 bits per heavy atom. The summed E-state index contributed by atoms with van der Waals surface area (Å²) < 4.78 is 10.6. The van der Waals surface area contributed by atoms with E-state index in [9.17, 15) is 9.59 Å². The summed E-state index contributed by atoms with van der Waals surface area (Å²) in [5.41, 5.74) is -0.578. The highest BCUT2D eigenvalue weighted by molar-refractivity contribution is 5.86. The molecule has 0 aromatic rings. The Labute approximate surface area is 133 Å². The SMILES string of the molecule is COC1CCN(C(=O)C(NC(=O)OC(C)(C)C)C(C)C)CC1. The molecule has 1 aliphatic rings. The minimum atomic E-state index is -0.578. The molecule has 0 aromatic carbocycles. The van der Waals surface area contributed by atoms with Gasteiger partial charge in [-0.2, -0.15) is 0 Å². The summed E-state index contributed by atoms with van der Waals surface area (Å²) in [7, 11) is 1.70. The molecular formula is C16H30N2O4. The fraction of sp³-hybridized carbons (Fsp3) is 0.875. The largest absolute Gasteiger partial charge is 0.444 e. The van der Waals surface area contributed by atoms with E-state index in [1.807, 2.05) is 13.8 Å². The van der Waals surface area contributed by atoms with Crippen LogP contribution in [0.25, 0.3) is 0 Å². The van der Waals surface area contributed by atoms with Crippen LogP contribution in [0.5, 0.6) is 0 Å². The second-order valence-corrected chi connectivity index (χ2v) is 7.13. The number of nitrogens with zero attached hydrogens (tertiary/aromatic N) is 1. The number of amides is 2. The van der Waals surface area contributed by atoms with Crippen molar-refractivity contribution in [2.75, 3.05) is 20.2 Å². The zero-order valence-electron chi connectivity index (χ0n) is 14.6. The Morgan fingerprint density at radius 2 is 1.73 bits per heavy atom. The van der Waals surface area contributed by atoms with Crippen molar-refractivity contribution in [3.8, 4) is 0 Å². The van der Waals surface area contributed by atoms with Gasteiger partial charge in [0.25, 0.3) is 0 Å². The van der Waals surface area contributed by atoms with Crippen LogP contribution >= 0.6 is 0 Å². The number of piperidine rings is 1. The molecule has 1 atom stereocenters. The minimum absolute atomic E-state index is 0.000155. The van der Waals surface area contributed by atoms with Crippen molar-refractivity contribution in [2.24, 2.45) is 5.92 Å². The van der Waals surface area contributed by atoms with Crippen molar-refractivity contribution in [2.45, 2.75) is 65.2 Å². The molecule has 1 N–H and O–H groups in total. The summed E-state index contributed by atoms with van der Waals surface area (Å²) in [6.07, 6.45) is 1.34. The molecular weight excluding hydrogens is 284 g/mol. The maximum atomic E-state index is 12.7. The minimum Gasteiger partial charge on any atom is -0.444 e. The molecule has 0 aliphatic carbocycles. The van der Waals surface area contributed by atoms with Crippen LogP contribution < -0.4 is 5.32 Å². The van der Waals surface area contributed by atoms with Gasteiger partial charge in [-0.25, -0.2) is 4.79 Å². The van der Waals surface area contributed by atoms with Gasteiger partial charge in [0.1, 0.15) is 11.6 Å². The Kier molecular flexibility index (Phi) is 6.66. The molecule has 1 fully saturated rings. The van der Waals surface area contributed by atoms with Gasteiger partial charge in [0, 0.05) is 20.2 Å². The van der Waals surface area contributed by atoms with Crippen molar-refractivity contribution in [1.82, 2.24) is 10.2 Å². The maximum absolute atomic E-state index is 12.7. The molecule has 22 heavy (non-hydrogen) atoms. The monoisotopic (exact) mass is 314 g/mol. The van der Waals surface area contributed by atoms with Gasteiger partial charge in [-0.3, -0.25) is 4.79 Å². The van der Waals surface area contributed by atoms with Crippen LogP contribution in [-0.4, -0.2) is 54.8 Å². The highest BCUT2D eigenvalue weighted by atomic mass is 16.6. The third-order valence-corrected chi connectivity index (χ3v) is 3.69. The van der Waals surface area contributed by atoms with Crippen molar-refractivity contribution >= 4 is 12.0 Å². The van der Waals surface area contributed by atoms with Crippen molar-refractivity contribution in [3.63, 3.8) is 0 Å². The van der Waals surface area contributed by atoms with Gasteiger partial charge in [-0.15, -0.1) is 0 Å². The number of nitrogens with one attached hydrogen (secondary N) is 1. The maximum Gasteiger partial charge on any atom is 0.408 e. The predicted molar refractivity (Wildman–Crippen MR) is 84.6 cm³/mol. The van der Waals surface area contributed by atoms with Gasteiger partial charge in [0.05, 0.1) is 6.10 Å². The average molecular weight is 314 g/mol. The summed E-state index contributed by atoms with van der Waals surface area (Å²) in [6.45, 7) is 10.6. The fourth-order valence-corrected chi connectivity index (χ4v) is 2.46. The average Bonchev–Trinajstić information content (AvgIpc) is 2.42. The van der Waals surface area contributed by atoms with E-state index >= 15 is 0 Å². The number of alkyl carbamates (subject to hydrolysis) is 1. The van der Waals surface area contributed by atoms with Gasteiger partial charge >= 0.3 is 6.09 Å². The van der Waals surface area contributed by atoms with E-state index in [2.05, 4.69) is 5.32 Å². The lowest BCUT2D eigenvalue weighted by molar-refractivity contribution is -0.136. The molecule has 1 saturated heterocycles. The lowest BCUT2D eigenvalue weighted by atomic mass is 10.0.